The molecular formula is C18H15NO2. The second kappa shape index (κ2) is 5.46. The van der Waals surface area contributed by atoms with Crippen LogP contribution in [0.4, 0.5) is 0 Å². The van der Waals surface area contributed by atoms with Crippen molar-refractivity contribution in [1.29, 1.82) is 0 Å². The second-order valence-corrected chi connectivity index (χ2v) is 4.99. The number of carbonyl (C=O) groups excluding carboxylic acids is 2. The van der Waals surface area contributed by atoms with Gasteiger partial charge in [0.15, 0.2) is 0 Å². The molecule has 0 aromatic heterocycles. The lowest BCUT2D eigenvalue weighted by Gasteiger charge is -2.18. The topological polar surface area (TPSA) is 60.2 Å². The van der Waals surface area contributed by atoms with Gasteiger partial charge in [0.25, 0.3) is 0 Å². The van der Waals surface area contributed by atoms with Crippen LogP contribution in [0.3, 0.4) is 0 Å². The van der Waals surface area contributed by atoms with E-state index < -0.39 is 11.6 Å². The van der Waals surface area contributed by atoms with E-state index in [1.807, 2.05) is 36.4 Å². The summed E-state index contributed by atoms with van der Waals surface area (Å²) in [5, 5.41) is 0. The number of fused-ring (bicyclic) bond motifs is 3. The number of carbonyl (C=O) groups is 2. The summed E-state index contributed by atoms with van der Waals surface area (Å²) in [6.45, 7) is 0.608. The molecule has 1 aliphatic carbocycles. The number of rotatable bonds is 3. The summed E-state index contributed by atoms with van der Waals surface area (Å²) in [6.07, 6.45) is 4.80. The monoisotopic (exact) mass is 277 g/mol. The van der Waals surface area contributed by atoms with Gasteiger partial charge in [-0.15, -0.1) is 0 Å². The molecular weight excluding hydrogens is 262 g/mol. The highest BCUT2D eigenvalue weighted by Crippen LogP contribution is 2.34. The van der Waals surface area contributed by atoms with E-state index in [0.717, 1.165) is 23.1 Å². The van der Waals surface area contributed by atoms with Crippen LogP contribution in [0.5, 0.6) is 0 Å². The smallest absolute Gasteiger partial charge is 0.234 e. The molecule has 0 heterocycles. The van der Waals surface area contributed by atoms with Crippen molar-refractivity contribution < 1.29 is 9.59 Å². The minimum absolute atomic E-state index is 0.426. The molecule has 1 aliphatic rings. The zero-order valence-corrected chi connectivity index (χ0v) is 11.5. The van der Waals surface area contributed by atoms with Crippen molar-refractivity contribution in [3.8, 4) is 11.1 Å². The minimum Gasteiger partial charge on any atom is -0.330 e. The van der Waals surface area contributed by atoms with E-state index in [9.17, 15) is 9.59 Å². The molecule has 0 saturated carbocycles. The molecule has 0 unspecified atom stereocenters. The SMILES string of the molecule is NCCC=Cc1ccc2c(c1)-c1ccccc1C(=O)C2=O. The van der Waals surface area contributed by atoms with Crippen LogP contribution in [-0.4, -0.2) is 18.1 Å². The summed E-state index contributed by atoms with van der Waals surface area (Å²) >= 11 is 0. The molecule has 0 radical (unpaired) electrons. The van der Waals surface area contributed by atoms with Crippen LogP contribution in [-0.2, 0) is 0 Å². The predicted molar refractivity (Wildman–Crippen MR) is 83.2 cm³/mol. The lowest BCUT2D eigenvalue weighted by Crippen LogP contribution is -2.21. The van der Waals surface area contributed by atoms with Crippen LogP contribution in [0, 0.1) is 0 Å². The summed E-state index contributed by atoms with van der Waals surface area (Å²) in [5.74, 6) is -0.856. The molecule has 3 rings (SSSR count). The molecule has 0 atom stereocenters. The maximum absolute atomic E-state index is 12.2. The van der Waals surface area contributed by atoms with Gasteiger partial charge in [-0.3, -0.25) is 9.59 Å². The van der Waals surface area contributed by atoms with Crippen LogP contribution < -0.4 is 5.73 Å². The summed E-state index contributed by atoms with van der Waals surface area (Å²) in [5.41, 5.74) is 9.08. The Hall–Kier alpha value is -2.52. The number of benzene rings is 2. The Morgan fingerprint density at radius 2 is 1.52 bits per heavy atom. The minimum atomic E-state index is -0.429. The van der Waals surface area contributed by atoms with E-state index in [1.165, 1.54) is 0 Å². The molecule has 21 heavy (non-hydrogen) atoms. The summed E-state index contributed by atoms with van der Waals surface area (Å²) in [4.78, 5) is 24.3. The summed E-state index contributed by atoms with van der Waals surface area (Å²) < 4.78 is 0. The van der Waals surface area contributed by atoms with Gasteiger partial charge >= 0.3 is 0 Å². The molecule has 0 aliphatic heterocycles. The third-order valence-electron chi connectivity index (χ3n) is 3.60. The highest BCUT2D eigenvalue weighted by molar-refractivity contribution is 6.53. The molecule has 0 fully saturated rings. The highest BCUT2D eigenvalue weighted by Gasteiger charge is 2.29. The number of ketones is 2. The van der Waals surface area contributed by atoms with Crippen molar-refractivity contribution in [1.82, 2.24) is 0 Å². The first kappa shape index (κ1) is 13.5. The molecule has 2 N–H and O–H groups in total. The summed E-state index contributed by atoms with van der Waals surface area (Å²) in [7, 11) is 0. The van der Waals surface area contributed by atoms with E-state index in [2.05, 4.69) is 0 Å². The second-order valence-electron chi connectivity index (χ2n) is 4.99. The van der Waals surface area contributed by atoms with Crippen molar-refractivity contribution in [2.45, 2.75) is 6.42 Å². The van der Waals surface area contributed by atoms with Crippen LogP contribution >= 0.6 is 0 Å². The Morgan fingerprint density at radius 1 is 0.857 bits per heavy atom. The van der Waals surface area contributed by atoms with Crippen molar-refractivity contribution in [3.63, 3.8) is 0 Å². The van der Waals surface area contributed by atoms with Crippen LogP contribution in [0.15, 0.2) is 48.5 Å². The zero-order valence-electron chi connectivity index (χ0n) is 11.5. The van der Waals surface area contributed by atoms with Gasteiger partial charge < -0.3 is 5.73 Å². The summed E-state index contributed by atoms with van der Waals surface area (Å²) in [6, 6.07) is 12.8. The highest BCUT2D eigenvalue weighted by atomic mass is 16.2. The fourth-order valence-electron chi connectivity index (χ4n) is 2.56. The Balaban J connectivity index is 2.13. The maximum Gasteiger partial charge on any atom is 0.234 e. The number of hydrogen-bond acceptors (Lipinski definition) is 3. The van der Waals surface area contributed by atoms with E-state index >= 15 is 0 Å². The van der Waals surface area contributed by atoms with Gasteiger partial charge in [0.1, 0.15) is 0 Å². The molecule has 3 nitrogen and oxygen atoms in total. The first-order chi connectivity index (χ1) is 10.2. The normalized spacial score (nSPS) is 13.4. The Morgan fingerprint density at radius 3 is 2.24 bits per heavy atom. The number of nitrogens with two attached hydrogens (primary N) is 1. The van der Waals surface area contributed by atoms with E-state index in [4.69, 9.17) is 5.73 Å². The van der Waals surface area contributed by atoms with Crippen molar-refractivity contribution in [2.24, 2.45) is 5.73 Å². The van der Waals surface area contributed by atoms with E-state index in [0.29, 0.717) is 17.7 Å². The quantitative estimate of drug-likeness (QED) is 0.877. The third-order valence-corrected chi connectivity index (χ3v) is 3.60. The van der Waals surface area contributed by atoms with Gasteiger partial charge in [0, 0.05) is 11.1 Å². The standard InChI is InChI=1S/C18H15NO2/c19-10-4-3-5-12-8-9-15-16(11-12)13-6-1-2-7-14(13)17(20)18(15)21/h1-3,5-9,11H,4,10,19H2. The first-order valence-electron chi connectivity index (χ1n) is 6.91. The largest absolute Gasteiger partial charge is 0.330 e. The Kier molecular flexibility index (Phi) is 3.50. The van der Waals surface area contributed by atoms with Crippen LogP contribution in [0.2, 0.25) is 0 Å². The molecule has 104 valence electrons. The maximum atomic E-state index is 12.2. The molecule has 2 aromatic rings. The Bertz CT molecular complexity index is 760. The average molecular weight is 277 g/mol. The zero-order chi connectivity index (χ0) is 14.8. The van der Waals surface area contributed by atoms with Crippen molar-refractivity contribution >= 4 is 17.6 Å². The fourth-order valence-corrected chi connectivity index (χ4v) is 2.56. The lowest BCUT2D eigenvalue weighted by molar-refractivity contribution is 0.0815. The molecule has 2 aromatic carbocycles. The van der Waals surface area contributed by atoms with Gasteiger partial charge in [-0.25, -0.2) is 0 Å². The van der Waals surface area contributed by atoms with Crippen molar-refractivity contribution in [2.75, 3.05) is 6.54 Å². The molecule has 3 heteroatoms. The van der Waals surface area contributed by atoms with Gasteiger partial charge in [-0.05, 0) is 41.8 Å². The molecule has 0 saturated heterocycles. The fraction of sp³-hybridized carbons (Fsp3) is 0.111. The van der Waals surface area contributed by atoms with Gasteiger partial charge in [-0.1, -0.05) is 42.5 Å². The number of Topliss-reactive ketones (excluding diaryl/α,β-unsaturated/α-hetero) is 2. The Labute approximate surface area is 123 Å². The number of hydrogen-bond donors (Lipinski definition) is 1. The lowest BCUT2D eigenvalue weighted by atomic mass is 9.83. The van der Waals surface area contributed by atoms with Crippen molar-refractivity contribution in [3.05, 3.63) is 65.2 Å². The van der Waals surface area contributed by atoms with Gasteiger partial charge in [0.2, 0.25) is 11.6 Å². The molecule has 0 bridgehead atoms. The van der Waals surface area contributed by atoms with Crippen LogP contribution in [0.25, 0.3) is 17.2 Å². The van der Waals surface area contributed by atoms with E-state index in [-0.39, 0.29) is 0 Å². The third kappa shape index (κ3) is 2.32. The van der Waals surface area contributed by atoms with Gasteiger partial charge in [-0.2, -0.15) is 0 Å². The molecule has 0 amide bonds. The van der Waals surface area contributed by atoms with E-state index in [1.54, 1.807) is 18.2 Å². The van der Waals surface area contributed by atoms with Gasteiger partial charge in [0.05, 0.1) is 0 Å². The average Bonchev–Trinajstić information content (AvgIpc) is 2.53. The first-order valence-corrected chi connectivity index (χ1v) is 6.91. The predicted octanol–water partition coefficient (Wildman–Crippen LogP) is 3.09. The molecule has 0 spiro atoms. The van der Waals surface area contributed by atoms with Crippen LogP contribution in [0.1, 0.15) is 32.7 Å².